The summed E-state index contributed by atoms with van der Waals surface area (Å²) in [5.41, 5.74) is 2.99. The van der Waals surface area contributed by atoms with E-state index in [0.717, 1.165) is 42.3 Å². The average Bonchev–Trinajstić information content (AvgIpc) is 2.65. The summed E-state index contributed by atoms with van der Waals surface area (Å²) in [7, 11) is 0. The number of nitrogens with one attached hydrogen (secondary N) is 3. The molecular formula is C19H25N5O. The smallest absolute Gasteiger partial charge is 0.226 e. The number of carbonyl (C=O) groups excluding carboxylic acids is 1. The number of aryl methyl sites for hydroxylation is 1. The Morgan fingerprint density at radius 1 is 1.32 bits per heavy atom. The molecule has 1 fully saturated rings. The number of hydrogen-bond donors (Lipinski definition) is 3. The Balaban J connectivity index is 1.48. The molecule has 1 aromatic carbocycles. The Hall–Kier alpha value is -2.47. The third-order valence-electron chi connectivity index (χ3n) is 4.48. The van der Waals surface area contributed by atoms with Crippen molar-refractivity contribution < 1.29 is 4.79 Å². The van der Waals surface area contributed by atoms with Gasteiger partial charge in [0.15, 0.2) is 0 Å². The van der Waals surface area contributed by atoms with Gasteiger partial charge in [-0.3, -0.25) is 4.79 Å². The first-order chi connectivity index (χ1) is 12.2. The summed E-state index contributed by atoms with van der Waals surface area (Å²) in [6, 6.07) is 9.77. The second-order valence-electron chi connectivity index (χ2n) is 6.41. The monoisotopic (exact) mass is 339 g/mol. The van der Waals surface area contributed by atoms with Gasteiger partial charge in [-0.2, -0.15) is 0 Å². The van der Waals surface area contributed by atoms with Gasteiger partial charge in [-0.25, -0.2) is 9.97 Å². The Morgan fingerprint density at radius 2 is 2.20 bits per heavy atom. The highest BCUT2D eigenvalue weighted by molar-refractivity contribution is 5.91. The second-order valence-corrected chi connectivity index (χ2v) is 6.41. The molecule has 1 saturated heterocycles. The summed E-state index contributed by atoms with van der Waals surface area (Å²) in [6.07, 6.45) is 4.32. The van der Waals surface area contributed by atoms with Crippen LogP contribution in [-0.4, -0.2) is 35.5 Å². The SMILES string of the molecule is Cc1ccccc1NC(=O)CCNc1cc([C@H]2CCCNC2)ncn1. The summed E-state index contributed by atoms with van der Waals surface area (Å²) in [6.45, 7) is 4.57. The predicted molar refractivity (Wildman–Crippen MR) is 99.8 cm³/mol. The number of rotatable bonds is 6. The Morgan fingerprint density at radius 3 is 3.00 bits per heavy atom. The van der Waals surface area contributed by atoms with E-state index in [1.54, 1.807) is 6.33 Å². The minimum atomic E-state index is -0.00689. The third kappa shape index (κ3) is 5.00. The van der Waals surface area contributed by atoms with Crippen molar-refractivity contribution in [3.63, 3.8) is 0 Å². The minimum absolute atomic E-state index is 0.00689. The van der Waals surface area contributed by atoms with Crippen LogP contribution in [0.2, 0.25) is 0 Å². The number of amides is 1. The number of anilines is 2. The van der Waals surface area contributed by atoms with E-state index >= 15 is 0 Å². The Labute approximate surface area is 148 Å². The van der Waals surface area contributed by atoms with Crippen LogP contribution in [0.15, 0.2) is 36.7 Å². The standard InChI is InChI=1S/C19H25N5O/c1-14-5-2-3-7-16(14)24-19(25)8-10-21-18-11-17(22-13-23-18)15-6-4-9-20-12-15/h2-3,5,7,11,13,15,20H,4,6,8-10,12H2,1H3,(H,24,25)(H,21,22,23)/t15-/m0/s1. The van der Waals surface area contributed by atoms with Crippen LogP contribution >= 0.6 is 0 Å². The summed E-state index contributed by atoms with van der Waals surface area (Å²) in [5.74, 6) is 1.22. The van der Waals surface area contributed by atoms with Gasteiger partial charge in [0, 0.05) is 37.2 Å². The normalized spacial score (nSPS) is 17.1. The molecule has 1 aliphatic rings. The first-order valence-electron chi connectivity index (χ1n) is 8.84. The molecule has 2 aromatic rings. The molecule has 6 nitrogen and oxygen atoms in total. The third-order valence-corrected chi connectivity index (χ3v) is 4.48. The number of nitrogens with zero attached hydrogens (tertiary/aromatic N) is 2. The molecule has 0 bridgehead atoms. The molecule has 0 unspecified atom stereocenters. The lowest BCUT2D eigenvalue weighted by molar-refractivity contribution is -0.115. The van der Waals surface area contributed by atoms with Gasteiger partial charge < -0.3 is 16.0 Å². The molecule has 1 amide bonds. The molecule has 1 atom stereocenters. The zero-order chi connectivity index (χ0) is 17.5. The fourth-order valence-electron chi connectivity index (χ4n) is 3.03. The van der Waals surface area contributed by atoms with Crippen molar-refractivity contribution in [3.8, 4) is 0 Å². The highest BCUT2D eigenvalue weighted by Gasteiger charge is 2.16. The lowest BCUT2D eigenvalue weighted by atomic mass is 9.96. The molecule has 132 valence electrons. The van der Waals surface area contributed by atoms with Crippen LogP contribution in [0.3, 0.4) is 0 Å². The predicted octanol–water partition coefficient (Wildman–Crippen LogP) is 2.69. The van der Waals surface area contributed by atoms with Crippen LogP contribution in [0.4, 0.5) is 11.5 Å². The number of piperidine rings is 1. The van der Waals surface area contributed by atoms with Crippen molar-refractivity contribution in [2.24, 2.45) is 0 Å². The molecule has 25 heavy (non-hydrogen) atoms. The van der Waals surface area contributed by atoms with E-state index in [9.17, 15) is 4.79 Å². The highest BCUT2D eigenvalue weighted by atomic mass is 16.1. The topological polar surface area (TPSA) is 78.9 Å². The van der Waals surface area contributed by atoms with Crippen molar-refractivity contribution in [1.82, 2.24) is 15.3 Å². The van der Waals surface area contributed by atoms with Crippen LogP contribution < -0.4 is 16.0 Å². The maximum absolute atomic E-state index is 12.1. The molecule has 0 radical (unpaired) electrons. The summed E-state index contributed by atoms with van der Waals surface area (Å²) in [5, 5.41) is 9.57. The zero-order valence-corrected chi connectivity index (χ0v) is 14.6. The largest absolute Gasteiger partial charge is 0.369 e. The van der Waals surface area contributed by atoms with Gasteiger partial charge in [0.25, 0.3) is 0 Å². The van der Waals surface area contributed by atoms with E-state index in [1.807, 2.05) is 37.3 Å². The number of aromatic nitrogens is 2. The molecular weight excluding hydrogens is 314 g/mol. The molecule has 6 heteroatoms. The summed E-state index contributed by atoms with van der Waals surface area (Å²) >= 11 is 0. The number of benzene rings is 1. The van der Waals surface area contributed by atoms with E-state index in [0.29, 0.717) is 18.9 Å². The van der Waals surface area contributed by atoms with Gasteiger partial charge in [-0.1, -0.05) is 18.2 Å². The van der Waals surface area contributed by atoms with E-state index in [1.165, 1.54) is 6.42 Å². The molecule has 3 N–H and O–H groups in total. The lowest BCUT2D eigenvalue weighted by Gasteiger charge is -2.22. The van der Waals surface area contributed by atoms with Crippen molar-refractivity contribution in [2.45, 2.75) is 32.1 Å². The van der Waals surface area contributed by atoms with E-state index < -0.39 is 0 Å². The maximum atomic E-state index is 12.1. The molecule has 3 rings (SSSR count). The van der Waals surface area contributed by atoms with Crippen LogP contribution in [0.25, 0.3) is 0 Å². The van der Waals surface area contributed by atoms with Crippen LogP contribution in [-0.2, 0) is 4.79 Å². The highest BCUT2D eigenvalue weighted by Crippen LogP contribution is 2.22. The first-order valence-corrected chi connectivity index (χ1v) is 8.84. The molecule has 1 aromatic heterocycles. The minimum Gasteiger partial charge on any atom is -0.369 e. The van der Waals surface area contributed by atoms with E-state index in [-0.39, 0.29) is 5.91 Å². The van der Waals surface area contributed by atoms with Gasteiger partial charge in [0.2, 0.25) is 5.91 Å². The molecule has 0 spiro atoms. The number of carbonyl (C=O) groups is 1. The fraction of sp³-hybridized carbons (Fsp3) is 0.421. The van der Waals surface area contributed by atoms with Gasteiger partial charge in [0.1, 0.15) is 12.1 Å². The number of hydrogen-bond acceptors (Lipinski definition) is 5. The fourth-order valence-corrected chi connectivity index (χ4v) is 3.03. The first kappa shape index (κ1) is 17.4. The molecule has 2 heterocycles. The van der Waals surface area contributed by atoms with Gasteiger partial charge in [0.05, 0.1) is 5.69 Å². The number of para-hydroxylation sites is 1. The average molecular weight is 339 g/mol. The van der Waals surface area contributed by atoms with Gasteiger partial charge >= 0.3 is 0 Å². The van der Waals surface area contributed by atoms with Crippen LogP contribution in [0.5, 0.6) is 0 Å². The van der Waals surface area contributed by atoms with Gasteiger partial charge in [-0.15, -0.1) is 0 Å². The van der Waals surface area contributed by atoms with Crippen LogP contribution in [0.1, 0.15) is 36.4 Å². The molecule has 0 saturated carbocycles. The Kier molecular flexibility index (Phi) is 5.95. The van der Waals surface area contributed by atoms with Crippen molar-refractivity contribution in [2.75, 3.05) is 30.3 Å². The van der Waals surface area contributed by atoms with Gasteiger partial charge in [-0.05, 0) is 37.9 Å². The van der Waals surface area contributed by atoms with Crippen molar-refractivity contribution >= 4 is 17.4 Å². The summed E-state index contributed by atoms with van der Waals surface area (Å²) in [4.78, 5) is 20.7. The van der Waals surface area contributed by atoms with Crippen LogP contribution in [0, 0.1) is 6.92 Å². The summed E-state index contributed by atoms with van der Waals surface area (Å²) < 4.78 is 0. The van der Waals surface area contributed by atoms with Crippen molar-refractivity contribution in [1.29, 1.82) is 0 Å². The quantitative estimate of drug-likeness (QED) is 0.754. The second kappa shape index (κ2) is 8.58. The lowest BCUT2D eigenvalue weighted by Crippen LogP contribution is -2.28. The van der Waals surface area contributed by atoms with E-state index in [4.69, 9.17) is 0 Å². The maximum Gasteiger partial charge on any atom is 0.226 e. The van der Waals surface area contributed by atoms with E-state index in [2.05, 4.69) is 25.9 Å². The Bertz CT molecular complexity index is 712. The molecule has 1 aliphatic heterocycles. The van der Waals surface area contributed by atoms with Crippen molar-refractivity contribution in [3.05, 3.63) is 47.9 Å². The molecule has 0 aliphatic carbocycles. The zero-order valence-electron chi connectivity index (χ0n) is 14.6.